The van der Waals surface area contributed by atoms with E-state index in [0.717, 1.165) is 10.8 Å². The molecule has 0 unspecified atom stereocenters. The molecular formula is C31H36N2O7. The number of rotatable bonds is 12. The number of carbonyl (C=O) groups excluding carboxylic acids is 3. The van der Waals surface area contributed by atoms with Gasteiger partial charge < -0.3 is 25.2 Å². The SMILES string of the molecule is COC(=O)[C@H](CC(C)C)NC(=O)c1ccc(C(=O)N[C@@H](CC(C)C)C(=O)O)cc1Oc1ccc2ccccc2c1. The highest BCUT2D eigenvalue weighted by Crippen LogP contribution is 2.30. The van der Waals surface area contributed by atoms with Gasteiger partial charge in [-0.15, -0.1) is 0 Å². The van der Waals surface area contributed by atoms with Gasteiger partial charge in [0.2, 0.25) is 0 Å². The average Bonchev–Trinajstić information content (AvgIpc) is 2.91. The van der Waals surface area contributed by atoms with Crippen LogP contribution in [-0.2, 0) is 14.3 Å². The Labute approximate surface area is 233 Å². The summed E-state index contributed by atoms with van der Waals surface area (Å²) in [4.78, 5) is 50.4. The van der Waals surface area contributed by atoms with Crippen molar-refractivity contribution in [1.82, 2.24) is 10.6 Å². The van der Waals surface area contributed by atoms with E-state index in [9.17, 15) is 24.3 Å². The molecule has 212 valence electrons. The number of carboxylic acids is 1. The molecule has 0 aliphatic rings. The van der Waals surface area contributed by atoms with Crippen molar-refractivity contribution < 1.29 is 33.8 Å². The highest BCUT2D eigenvalue weighted by atomic mass is 16.5. The van der Waals surface area contributed by atoms with Crippen LogP contribution in [0, 0.1) is 11.8 Å². The molecule has 0 fully saturated rings. The van der Waals surface area contributed by atoms with Gasteiger partial charge in [0.25, 0.3) is 11.8 Å². The highest BCUT2D eigenvalue weighted by molar-refractivity contribution is 6.02. The van der Waals surface area contributed by atoms with Crippen molar-refractivity contribution in [2.45, 2.75) is 52.6 Å². The fourth-order valence-electron chi connectivity index (χ4n) is 4.29. The number of esters is 1. The number of methoxy groups -OCH3 is 1. The van der Waals surface area contributed by atoms with Crippen LogP contribution in [0.5, 0.6) is 11.5 Å². The Balaban J connectivity index is 1.98. The number of ether oxygens (including phenoxy) is 2. The molecule has 0 bridgehead atoms. The first kappa shape index (κ1) is 30.1. The maximum absolute atomic E-state index is 13.4. The third-order valence-corrected chi connectivity index (χ3v) is 6.25. The molecule has 3 aromatic carbocycles. The van der Waals surface area contributed by atoms with Crippen LogP contribution in [0.2, 0.25) is 0 Å². The summed E-state index contributed by atoms with van der Waals surface area (Å²) in [6.07, 6.45) is 0.624. The van der Waals surface area contributed by atoms with Crippen LogP contribution in [-0.4, -0.2) is 48.1 Å². The van der Waals surface area contributed by atoms with Crippen LogP contribution in [0.15, 0.2) is 60.7 Å². The van der Waals surface area contributed by atoms with Gasteiger partial charge in [-0.05, 0) is 65.8 Å². The summed E-state index contributed by atoms with van der Waals surface area (Å²) in [5.41, 5.74) is 0.216. The lowest BCUT2D eigenvalue weighted by molar-refractivity contribution is -0.143. The zero-order chi connectivity index (χ0) is 29.4. The average molecular weight is 549 g/mol. The molecule has 2 amide bonds. The Morgan fingerprint density at radius 1 is 0.775 bits per heavy atom. The topological polar surface area (TPSA) is 131 Å². The van der Waals surface area contributed by atoms with E-state index in [2.05, 4.69) is 10.6 Å². The fourth-order valence-corrected chi connectivity index (χ4v) is 4.29. The maximum Gasteiger partial charge on any atom is 0.328 e. The first-order valence-electron chi connectivity index (χ1n) is 13.2. The minimum Gasteiger partial charge on any atom is -0.480 e. The zero-order valence-electron chi connectivity index (χ0n) is 23.4. The molecular weight excluding hydrogens is 512 g/mol. The number of fused-ring (bicyclic) bond motifs is 1. The van der Waals surface area contributed by atoms with E-state index in [-0.39, 0.29) is 35.1 Å². The number of carboxylic acid groups (broad SMARTS) is 1. The van der Waals surface area contributed by atoms with E-state index >= 15 is 0 Å². The maximum atomic E-state index is 13.4. The van der Waals surface area contributed by atoms with Crippen molar-refractivity contribution in [3.05, 3.63) is 71.8 Å². The second kappa shape index (κ2) is 13.6. The summed E-state index contributed by atoms with van der Waals surface area (Å²) in [5.74, 6) is -2.24. The summed E-state index contributed by atoms with van der Waals surface area (Å²) < 4.78 is 11.0. The van der Waals surface area contributed by atoms with E-state index in [1.165, 1.54) is 25.3 Å². The number of nitrogens with one attached hydrogen (secondary N) is 2. The standard InChI is InChI=1S/C31H36N2O7/c1-18(2)14-25(30(36)37)32-28(34)22-11-13-24(29(35)33-26(15-19(3)4)31(38)39-5)27(17-22)40-23-12-10-20-8-6-7-9-21(20)16-23/h6-13,16-19,25-26H,14-15H2,1-5H3,(H,32,34)(H,33,35)(H,36,37)/t25-,26-/m0/s1. The van der Waals surface area contributed by atoms with Crippen molar-refractivity contribution in [2.24, 2.45) is 11.8 Å². The predicted octanol–water partition coefficient (Wildman–Crippen LogP) is 5.18. The van der Waals surface area contributed by atoms with Crippen molar-refractivity contribution >= 4 is 34.5 Å². The van der Waals surface area contributed by atoms with Crippen LogP contribution in [0.25, 0.3) is 10.8 Å². The van der Waals surface area contributed by atoms with E-state index in [1.54, 1.807) is 6.07 Å². The first-order valence-corrected chi connectivity index (χ1v) is 13.2. The number of hydrogen-bond acceptors (Lipinski definition) is 6. The van der Waals surface area contributed by atoms with Gasteiger partial charge in [0.15, 0.2) is 0 Å². The number of benzene rings is 3. The molecule has 40 heavy (non-hydrogen) atoms. The summed E-state index contributed by atoms with van der Waals surface area (Å²) in [6, 6.07) is 15.4. The van der Waals surface area contributed by atoms with Crippen LogP contribution in [0.4, 0.5) is 0 Å². The number of aliphatic carboxylic acids is 1. The lowest BCUT2D eigenvalue weighted by atomic mass is 10.0. The largest absolute Gasteiger partial charge is 0.480 e. The molecule has 9 heteroatoms. The molecule has 0 aliphatic heterocycles. The Kier molecular flexibility index (Phi) is 10.2. The molecule has 3 aromatic rings. The van der Waals surface area contributed by atoms with E-state index in [0.29, 0.717) is 12.2 Å². The second-order valence-electron chi connectivity index (χ2n) is 10.5. The van der Waals surface area contributed by atoms with Gasteiger partial charge in [-0.2, -0.15) is 0 Å². The molecule has 0 aromatic heterocycles. The van der Waals surface area contributed by atoms with Crippen LogP contribution < -0.4 is 15.4 Å². The summed E-state index contributed by atoms with van der Waals surface area (Å²) in [6.45, 7) is 7.58. The molecule has 0 saturated heterocycles. The van der Waals surface area contributed by atoms with Gasteiger partial charge in [-0.1, -0.05) is 58.0 Å². The summed E-state index contributed by atoms with van der Waals surface area (Å²) >= 11 is 0. The summed E-state index contributed by atoms with van der Waals surface area (Å²) in [5, 5.41) is 16.7. The number of amides is 2. The molecule has 0 aliphatic carbocycles. The third kappa shape index (κ3) is 8.05. The monoisotopic (exact) mass is 548 g/mol. The van der Waals surface area contributed by atoms with Gasteiger partial charge in [0.1, 0.15) is 23.6 Å². The van der Waals surface area contributed by atoms with Crippen molar-refractivity contribution in [2.75, 3.05) is 7.11 Å². The summed E-state index contributed by atoms with van der Waals surface area (Å²) in [7, 11) is 1.26. The van der Waals surface area contributed by atoms with Crippen LogP contribution in [0.3, 0.4) is 0 Å². The molecule has 3 N–H and O–H groups in total. The smallest absolute Gasteiger partial charge is 0.328 e. The Hall–Kier alpha value is -4.40. The van der Waals surface area contributed by atoms with Crippen molar-refractivity contribution in [3.63, 3.8) is 0 Å². The minimum atomic E-state index is -1.13. The van der Waals surface area contributed by atoms with Crippen LogP contribution in [0.1, 0.15) is 61.3 Å². The highest BCUT2D eigenvalue weighted by Gasteiger charge is 2.26. The third-order valence-electron chi connectivity index (χ3n) is 6.25. The molecule has 3 rings (SSSR count). The lowest BCUT2D eigenvalue weighted by Crippen LogP contribution is -2.42. The number of hydrogen-bond donors (Lipinski definition) is 3. The quantitative estimate of drug-likeness (QED) is 0.266. The zero-order valence-corrected chi connectivity index (χ0v) is 23.4. The Morgan fingerprint density at radius 3 is 2.02 bits per heavy atom. The molecule has 0 radical (unpaired) electrons. The van der Waals surface area contributed by atoms with Crippen molar-refractivity contribution in [1.29, 1.82) is 0 Å². The lowest BCUT2D eigenvalue weighted by Gasteiger charge is -2.20. The van der Waals surface area contributed by atoms with Gasteiger partial charge >= 0.3 is 11.9 Å². The minimum absolute atomic E-state index is 0.0489. The van der Waals surface area contributed by atoms with Gasteiger partial charge in [-0.25, -0.2) is 9.59 Å². The van der Waals surface area contributed by atoms with Crippen molar-refractivity contribution in [3.8, 4) is 11.5 Å². The predicted molar refractivity (Wildman–Crippen MR) is 152 cm³/mol. The Bertz CT molecular complexity index is 1380. The molecule has 9 nitrogen and oxygen atoms in total. The molecule has 0 spiro atoms. The van der Waals surface area contributed by atoms with E-state index in [1.807, 2.05) is 64.1 Å². The first-order chi connectivity index (χ1) is 19.0. The number of carbonyl (C=O) groups is 4. The second-order valence-corrected chi connectivity index (χ2v) is 10.5. The molecule has 0 saturated carbocycles. The van der Waals surface area contributed by atoms with Gasteiger partial charge in [0, 0.05) is 5.56 Å². The Morgan fingerprint density at radius 2 is 1.40 bits per heavy atom. The van der Waals surface area contributed by atoms with E-state index < -0.39 is 35.8 Å². The molecule has 0 heterocycles. The fraction of sp³-hybridized carbons (Fsp3) is 0.355. The van der Waals surface area contributed by atoms with Crippen LogP contribution >= 0.6 is 0 Å². The van der Waals surface area contributed by atoms with E-state index in [4.69, 9.17) is 9.47 Å². The normalized spacial score (nSPS) is 12.6. The van der Waals surface area contributed by atoms with Gasteiger partial charge in [-0.3, -0.25) is 9.59 Å². The van der Waals surface area contributed by atoms with Gasteiger partial charge in [0.05, 0.1) is 12.7 Å². The molecule has 2 atom stereocenters.